The first-order valence-electron chi connectivity index (χ1n) is 6.49. The van der Waals surface area contributed by atoms with E-state index in [1.54, 1.807) is 19.3 Å². The van der Waals surface area contributed by atoms with Crippen LogP contribution in [0.1, 0.15) is 31.3 Å². The number of hydrogen-bond donors (Lipinski definition) is 1. The Hall–Kier alpha value is -1.94. The van der Waals surface area contributed by atoms with Crippen LogP contribution in [0.15, 0.2) is 42.7 Å². The highest BCUT2D eigenvalue weighted by molar-refractivity contribution is 5.44. The zero-order chi connectivity index (χ0) is 13.7. The number of rotatable bonds is 5. The van der Waals surface area contributed by atoms with Crippen LogP contribution in [0.3, 0.4) is 0 Å². The zero-order valence-electron chi connectivity index (χ0n) is 11.3. The molecule has 0 saturated heterocycles. The van der Waals surface area contributed by atoms with Crippen molar-refractivity contribution in [1.82, 2.24) is 9.97 Å². The van der Waals surface area contributed by atoms with E-state index >= 15 is 0 Å². The summed E-state index contributed by atoms with van der Waals surface area (Å²) in [4.78, 5) is 10.8. The van der Waals surface area contributed by atoms with Crippen LogP contribution in [0.25, 0.3) is 0 Å². The number of anilines is 1. The molecule has 1 atom stereocenters. The molecule has 2 aromatic heterocycles. The quantitative estimate of drug-likeness (QED) is 0.894. The second kappa shape index (κ2) is 6.29. The Morgan fingerprint density at radius 1 is 1.21 bits per heavy atom. The molecule has 0 spiro atoms. The molecule has 0 bridgehead atoms. The van der Waals surface area contributed by atoms with Crippen LogP contribution in [0.4, 0.5) is 5.69 Å². The van der Waals surface area contributed by atoms with Gasteiger partial charge in [0.05, 0.1) is 35.9 Å². The average Bonchev–Trinajstić information content (AvgIpc) is 2.46. The van der Waals surface area contributed by atoms with E-state index in [0.717, 1.165) is 24.5 Å². The number of aromatic nitrogens is 2. The summed E-state index contributed by atoms with van der Waals surface area (Å²) in [6.07, 6.45) is 3.08. The Kier molecular flexibility index (Phi) is 4.47. The van der Waals surface area contributed by atoms with Gasteiger partial charge in [-0.1, -0.05) is 6.07 Å². The lowest BCUT2D eigenvalue weighted by molar-refractivity contribution is 0.194. The predicted octanol–water partition coefficient (Wildman–Crippen LogP) is 2.56. The van der Waals surface area contributed by atoms with Crippen LogP contribution >= 0.6 is 0 Å². The van der Waals surface area contributed by atoms with E-state index in [9.17, 15) is 5.11 Å². The molecule has 0 amide bonds. The maximum atomic E-state index is 9.46. The third kappa shape index (κ3) is 3.51. The van der Waals surface area contributed by atoms with Gasteiger partial charge in [-0.15, -0.1) is 0 Å². The molecule has 0 aliphatic carbocycles. The van der Waals surface area contributed by atoms with Crippen LogP contribution in [0.5, 0.6) is 0 Å². The predicted molar refractivity (Wildman–Crippen MR) is 75.8 cm³/mol. The third-order valence-electron chi connectivity index (χ3n) is 3.02. The monoisotopic (exact) mass is 257 g/mol. The maximum Gasteiger partial charge on any atom is 0.0931 e. The van der Waals surface area contributed by atoms with Crippen molar-refractivity contribution in [2.75, 3.05) is 11.4 Å². The van der Waals surface area contributed by atoms with Gasteiger partial charge in [-0.05, 0) is 38.1 Å². The van der Waals surface area contributed by atoms with E-state index < -0.39 is 6.10 Å². The molecule has 19 heavy (non-hydrogen) atoms. The second-order valence-electron chi connectivity index (χ2n) is 4.45. The van der Waals surface area contributed by atoms with E-state index in [0.29, 0.717) is 5.69 Å². The second-order valence-corrected chi connectivity index (χ2v) is 4.45. The summed E-state index contributed by atoms with van der Waals surface area (Å²) in [5.41, 5.74) is 2.76. The molecule has 2 rings (SSSR count). The highest BCUT2D eigenvalue weighted by Gasteiger charge is 2.08. The van der Waals surface area contributed by atoms with Crippen LogP contribution in [-0.2, 0) is 6.54 Å². The number of nitrogens with zero attached hydrogens (tertiary/aromatic N) is 3. The molecule has 0 radical (unpaired) electrons. The van der Waals surface area contributed by atoms with Crippen molar-refractivity contribution < 1.29 is 5.11 Å². The molecule has 1 N–H and O–H groups in total. The van der Waals surface area contributed by atoms with E-state index in [1.807, 2.05) is 30.3 Å². The smallest absolute Gasteiger partial charge is 0.0931 e. The number of aliphatic hydroxyl groups is 1. The lowest BCUT2D eigenvalue weighted by atomic mass is 10.2. The summed E-state index contributed by atoms with van der Waals surface area (Å²) in [5.74, 6) is 0. The summed E-state index contributed by atoms with van der Waals surface area (Å²) in [7, 11) is 0. The van der Waals surface area contributed by atoms with Gasteiger partial charge < -0.3 is 10.0 Å². The Labute approximate surface area is 113 Å². The molecule has 4 heteroatoms. The van der Waals surface area contributed by atoms with E-state index in [1.165, 1.54) is 0 Å². The summed E-state index contributed by atoms with van der Waals surface area (Å²) in [6.45, 7) is 5.46. The topological polar surface area (TPSA) is 49.2 Å². The summed E-state index contributed by atoms with van der Waals surface area (Å²) in [6, 6.07) is 9.77. The maximum absolute atomic E-state index is 9.46. The Morgan fingerprint density at radius 3 is 2.58 bits per heavy atom. The first-order valence-corrected chi connectivity index (χ1v) is 6.49. The molecule has 0 aromatic carbocycles. The molecule has 0 saturated carbocycles. The third-order valence-corrected chi connectivity index (χ3v) is 3.02. The van der Waals surface area contributed by atoms with Crippen LogP contribution in [0, 0.1) is 0 Å². The Balaban J connectivity index is 2.13. The van der Waals surface area contributed by atoms with Crippen LogP contribution < -0.4 is 4.90 Å². The lowest BCUT2D eigenvalue weighted by Gasteiger charge is -2.22. The lowest BCUT2D eigenvalue weighted by Crippen LogP contribution is -2.22. The van der Waals surface area contributed by atoms with E-state index in [2.05, 4.69) is 21.8 Å². The zero-order valence-corrected chi connectivity index (χ0v) is 11.3. The van der Waals surface area contributed by atoms with Gasteiger partial charge in [0.2, 0.25) is 0 Å². The molecule has 100 valence electrons. The first kappa shape index (κ1) is 13.5. The molecule has 0 fully saturated rings. The summed E-state index contributed by atoms with van der Waals surface area (Å²) < 4.78 is 0. The van der Waals surface area contributed by atoms with Crippen molar-refractivity contribution >= 4 is 5.69 Å². The Bertz CT molecular complexity index is 497. The number of pyridine rings is 2. The van der Waals surface area contributed by atoms with E-state index in [-0.39, 0.29) is 0 Å². The van der Waals surface area contributed by atoms with Gasteiger partial charge in [0, 0.05) is 12.7 Å². The molecule has 2 aromatic rings. The standard InChI is InChI=1S/C15H19N3O/c1-3-18(11-13-6-4-5-9-16-13)14-7-8-15(12(2)19)17-10-14/h4-10,12,19H,3,11H2,1-2H3. The average molecular weight is 257 g/mol. The highest BCUT2D eigenvalue weighted by Crippen LogP contribution is 2.17. The number of aliphatic hydroxyl groups excluding tert-OH is 1. The van der Waals surface area contributed by atoms with Crippen molar-refractivity contribution in [3.8, 4) is 0 Å². The summed E-state index contributed by atoms with van der Waals surface area (Å²) >= 11 is 0. The minimum absolute atomic E-state index is 0.528. The highest BCUT2D eigenvalue weighted by atomic mass is 16.3. The molecule has 1 unspecified atom stereocenters. The van der Waals surface area contributed by atoms with Gasteiger partial charge in [-0.3, -0.25) is 9.97 Å². The van der Waals surface area contributed by atoms with Crippen molar-refractivity contribution in [3.63, 3.8) is 0 Å². The van der Waals surface area contributed by atoms with Crippen LogP contribution in [0.2, 0.25) is 0 Å². The summed E-state index contributed by atoms with van der Waals surface area (Å²) in [5, 5.41) is 9.46. The van der Waals surface area contributed by atoms with Gasteiger partial charge in [-0.25, -0.2) is 0 Å². The van der Waals surface area contributed by atoms with Crippen molar-refractivity contribution in [3.05, 3.63) is 54.1 Å². The largest absolute Gasteiger partial charge is 0.387 e. The van der Waals surface area contributed by atoms with Crippen LogP contribution in [-0.4, -0.2) is 21.6 Å². The Morgan fingerprint density at radius 2 is 2.05 bits per heavy atom. The fraction of sp³-hybridized carbons (Fsp3) is 0.333. The van der Waals surface area contributed by atoms with Gasteiger partial charge in [0.1, 0.15) is 0 Å². The molecular formula is C15H19N3O. The fourth-order valence-corrected chi connectivity index (χ4v) is 1.90. The molecule has 4 nitrogen and oxygen atoms in total. The number of hydrogen-bond acceptors (Lipinski definition) is 4. The molecule has 2 heterocycles. The first-order chi connectivity index (χ1) is 9.20. The fourth-order valence-electron chi connectivity index (χ4n) is 1.90. The van der Waals surface area contributed by atoms with Gasteiger partial charge in [0.15, 0.2) is 0 Å². The normalized spacial score (nSPS) is 12.2. The molecular weight excluding hydrogens is 238 g/mol. The molecule has 0 aliphatic heterocycles. The van der Waals surface area contributed by atoms with Gasteiger partial charge in [-0.2, -0.15) is 0 Å². The van der Waals surface area contributed by atoms with Gasteiger partial charge in [0.25, 0.3) is 0 Å². The molecule has 0 aliphatic rings. The minimum Gasteiger partial charge on any atom is -0.387 e. The SMILES string of the molecule is CCN(Cc1ccccn1)c1ccc(C(C)O)nc1. The van der Waals surface area contributed by atoms with Crippen molar-refractivity contribution in [2.45, 2.75) is 26.5 Å². The van der Waals surface area contributed by atoms with Gasteiger partial charge >= 0.3 is 0 Å². The minimum atomic E-state index is -0.528. The van der Waals surface area contributed by atoms with E-state index in [4.69, 9.17) is 0 Å². The van der Waals surface area contributed by atoms with Crippen molar-refractivity contribution in [1.29, 1.82) is 0 Å². The van der Waals surface area contributed by atoms with Crippen molar-refractivity contribution in [2.24, 2.45) is 0 Å².